The van der Waals surface area contributed by atoms with Crippen LogP contribution in [0.25, 0.3) is 0 Å². The van der Waals surface area contributed by atoms with Crippen LogP contribution in [0, 0.1) is 0 Å². The number of hydrogen-bond acceptors (Lipinski definition) is 3. The van der Waals surface area contributed by atoms with Crippen molar-refractivity contribution in [3.63, 3.8) is 0 Å². The number of rotatable bonds is 0. The Balaban J connectivity index is 0.000000360. The van der Waals surface area contributed by atoms with E-state index in [0.29, 0.717) is 0 Å². The van der Waals surface area contributed by atoms with Gasteiger partial charge in [0, 0.05) is 0 Å². The largest absolute Gasteiger partial charge is 0.139 e. The van der Waals surface area contributed by atoms with E-state index in [2.05, 4.69) is 15.4 Å². The Labute approximate surface area is 51.5 Å². The maximum Gasteiger partial charge on any atom is 0.0529 e. The lowest BCUT2D eigenvalue weighted by Crippen LogP contribution is -1.78. The average Bonchev–Trinajstić information content (AvgIpc) is 1.72. The molecule has 0 aliphatic heterocycles. The molecule has 38 valence electrons. The second kappa shape index (κ2) is 3.67. The van der Waals surface area contributed by atoms with Crippen molar-refractivity contribution < 1.29 is 0 Å². The molecule has 0 saturated carbocycles. The molecular formula is C3H4BrN3. The summed E-state index contributed by atoms with van der Waals surface area (Å²) in [5, 5.41) is 10.1. The lowest BCUT2D eigenvalue weighted by molar-refractivity contribution is 0.865. The van der Waals surface area contributed by atoms with E-state index in [1.807, 2.05) is 0 Å². The van der Waals surface area contributed by atoms with Crippen LogP contribution in [0.15, 0.2) is 18.5 Å². The highest BCUT2D eigenvalue weighted by Crippen LogP contribution is 1.61. The number of halogens is 1. The van der Waals surface area contributed by atoms with Crippen LogP contribution in [0.3, 0.4) is 0 Å². The predicted octanol–water partition coefficient (Wildman–Crippen LogP) is 0.449. The zero-order valence-electron chi connectivity index (χ0n) is 3.48. The molecule has 0 aliphatic rings. The van der Waals surface area contributed by atoms with Gasteiger partial charge >= 0.3 is 0 Å². The molecule has 0 unspecified atom stereocenters. The van der Waals surface area contributed by atoms with E-state index in [-0.39, 0.29) is 17.0 Å². The van der Waals surface area contributed by atoms with E-state index in [0.717, 1.165) is 0 Å². The summed E-state index contributed by atoms with van der Waals surface area (Å²) in [6.07, 6.45) is 3.15. The van der Waals surface area contributed by atoms with Crippen molar-refractivity contribution in [2.24, 2.45) is 0 Å². The van der Waals surface area contributed by atoms with Crippen molar-refractivity contribution in [2.75, 3.05) is 0 Å². The molecule has 0 radical (unpaired) electrons. The highest BCUT2D eigenvalue weighted by atomic mass is 79.9. The Morgan fingerprint density at radius 1 is 1.00 bits per heavy atom. The van der Waals surface area contributed by atoms with Gasteiger partial charge in [-0.25, -0.2) is 0 Å². The summed E-state index contributed by atoms with van der Waals surface area (Å²) in [4.78, 5) is 0. The first kappa shape index (κ1) is 6.49. The molecular weight excluding hydrogens is 158 g/mol. The Morgan fingerprint density at radius 3 is 1.71 bits per heavy atom. The fourth-order valence-electron chi connectivity index (χ4n) is 0.205. The van der Waals surface area contributed by atoms with Gasteiger partial charge in [0.05, 0.1) is 12.4 Å². The first-order valence-corrected chi connectivity index (χ1v) is 1.58. The molecule has 0 N–H and O–H groups in total. The molecule has 0 fully saturated rings. The molecule has 7 heavy (non-hydrogen) atoms. The van der Waals surface area contributed by atoms with Crippen LogP contribution < -0.4 is 0 Å². The summed E-state index contributed by atoms with van der Waals surface area (Å²) >= 11 is 0. The van der Waals surface area contributed by atoms with Crippen molar-refractivity contribution in [2.45, 2.75) is 0 Å². The Bertz CT molecular complexity index is 82.1. The van der Waals surface area contributed by atoms with Crippen LogP contribution in [-0.2, 0) is 0 Å². The van der Waals surface area contributed by atoms with Crippen molar-refractivity contribution in [3.8, 4) is 0 Å². The lowest BCUT2D eigenvalue weighted by atomic mass is 10.7. The molecule has 0 spiro atoms. The fraction of sp³-hybridized carbons (Fsp3) is 0. The number of nitrogens with zero attached hydrogens (tertiary/aromatic N) is 3. The number of hydrogen-bond donors (Lipinski definition) is 0. The molecule has 0 aliphatic carbocycles. The van der Waals surface area contributed by atoms with Gasteiger partial charge in [-0.3, -0.25) is 0 Å². The minimum absolute atomic E-state index is 0. The van der Waals surface area contributed by atoms with Crippen LogP contribution in [-0.4, -0.2) is 15.4 Å². The van der Waals surface area contributed by atoms with Gasteiger partial charge in [-0.1, -0.05) is 0 Å². The van der Waals surface area contributed by atoms with Crippen molar-refractivity contribution in [3.05, 3.63) is 18.5 Å². The third kappa shape index (κ3) is 2.22. The first-order valence-electron chi connectivity index (χ1n) is 1.58. The van der Waals surface area contributed by atoms with Crippen LogP contribution >= 0.6 is 17.0 Å². The van der Waals surface area contributed by atoms with Crippen molar-refractivity contribution in [1.82, 2.24) is 15.4 Å². The van der Waals surface area contributed by atoms with Crippen LogP contribution in [0.4, 0.5) is 0 Å². The van der Waals surface area contributed by atoms with E-state index in [4.69, 9.17) is 0 Å². The Hall–Kier alpha value is -0.510. The van der Waals surface area contributed by atoms with E-state index < -0.39 is 0 Å². The summed E-state index contributed by atoms with van der Waals surface area (Å²) < 4.78 is 0. The second-order valence-corrected chi connectivity index (χ2v) is 0.811. The molecule has 0 atom stereocenters. The maximum atomic E-state index is 3.42. The Morgan fingerprint density at radius 2 is 1.57 bits per heavy atom. The summed E-state index contributed by atoms with van der Waals surface area (Å²) in [5.41, 5.74) is 0. The summed E-state index contributed by atoms with van der Waals surface area (Å²) in [5.74, 6) is 0. The Kier molecular flexibility index (Phi) is 3.40. The van der Waals surface area contributed by atoms with E-state index in [9.17, 15) is 0 Å². The molecule has 0 saturated heterocycles. The molecule has 1 aromatic heterocycles. The van der Waals surface area contributed by atoms with Crippen LogP contribution in [0.2, 0.25) is 0 Å². The normalized spacial score (nSPS) is 6.86. The summed E-state index contributed by atoms with van der Waals surface area (Å²) in [6, 6.07) is 1.72. The minimum Gasteiger partial charge on any atom is -0.139 e. The van der Waals surface area contributed by atoms with Gasteiger partial charge in [-0.05, 0) is 11.3 Å². The first-order chi connectivity index (χ1) is 3.00. The van der Waals surface area contributed by atoms with E-state index in [1.165, 1.54) is 0 Å². The molecule has 0 aromatic carbocycles. The number of aromatic nitrogens is 3. The van der Waals surface area contributed by atoms with Gasteiger partial charge in [0.15, 0.2) is 0 Å². The standard InChI is InChI=1S/C3H3N3.BrH/c1-2-4-6-5-3-1;/h1-3H;1H. The van der Waals surface area contributed by atoms with Gasteiger partial charge in [-0.2, -0.15) is 0 Å². The molecule has 1 heterocycles. The SMILES string of the molecule is Br.c1cnnnc1. The molecule has 0 amide bonds. The highest BCUT2D eigenvalue weighted by Gasteiger charge is 1.60. The molecule has 1 rings (SSSR count). The van der Waals surface area contributed by atoms with Crippen LogP contribution in [0.5, 0.6) is 0 Å². The zero-order valence-corrected chi connectivity index (χ0v) is 5.20. The second-order valence-electron chi connectivity index (χ2n) is 0.811. The summed E-state index contributed by atoms with van der Waals surface area (Å²) in [6.45, 7) is 0. The smallest absolute Gasteiger partial charge is 0.0529 e. The van der Waals surface area contributed by atoms with Gasteiger partial charge in [0.1, 0.15) is 0 Å². The van der Waals surface area contributed by atoms with Crippen molar-refractivity contribution in [1.29, 1.82) is 0 Å². The maximum absolute atomic E-state index is 3.42. The van der Waals surface area contributed by atoms with E-state index in [1.54, 1.807) is 18.5 Å². The lowest BCUT2D eigenvalue weighted by Gasteiger charge is -1.68. The van der Waals surface area contributed by atoms with Gasteiger partial charge in [-0.15, -0.1) is 27.2 Å². The topological polar surface area (TPSA) is 38.7 Å². The highest BCUT2D eigenvalue weighted by molar-refractivity contribution is 8.93. The minimum atomic E-state index is 0. The fourth-order valence-corrected chi connectivity index (χ4v) is 0.205. The molecule has 1 aromatic rings. The average molecular weight is 162 g/mol. The van der Waals surface area contributed by atoms with Gasteiger partial charge < -0.3 is 0 Å². The third-order valence-corrected chi connectivity index (χ3v) is 0.409. The van der Waals surface area contributed by atoms with Gasteiger partial charge in [0.25, 0.3) is 0 Å². The molecule has 3 nitrogen and oxygen atoms in total. The quantitative estimate of drug-likeness (QED) is 0.555. The molecule has 0 bridgehead atoms. The molecule has 4 heteroatoms. The predicted molar refractivity (Wildman–Crippen MR) is 30.1 cm³/mol. The van der Waals surface area contributed by atoms with E-state index >= 15 is 0 Å². The third-order valence-electron chi connectivity index (χ3n) is 0.409. The van der Waals surface area contributed by atoms with Crippen molar-refractivity contribution >= 4 is 17.0 Å². The monoisotopic (exact) mass is 161 g/mol. The van der Waals surface area contributed by atoms with Gasteiger partial charge in [0.2, 0.25) is 0 Å². The van der Waals surface area contributed by atoms with Crippen LogP contribution in [0.1, 0.15) is 0 Å². The zero-order chi connectivity index (χ0) is 4.24. The summed E-state index contributed by atoms with van der Waals surface area (Å²) in [7, 11) is 0.